The molecule has 1 aliphatic heterocycles. The Morgan fingerprint density at radius 1 is 1.14 bits per heavy atom. The highest BCUT2D eigenvalue weighted by atomic mass is 16.4. The number of imide groups is 1. The van der Waals surface area contributed by atoms with Crippen LogP contribution in [0.5, 0.6) is 0 Å². The highest BCUT2D eigenvalue weighted by Crippen LogP contribution is 2.27. The minimum atomic E-state index is -1.48. The zero-order valence-corrected chi connectivity index (χ0v) is 11.2. The summed E-state index contributed by atoms with van der Waals surface area (Å²) in [5.41, 5.74) is 1.07. The summed E-state index contributed by atoms with van der Waals surface area (Å²) in [6, 6.07) is 3.17. The fourth-order valence-electron chi connectivity index (χ4n) is 2.28. The standard InChI is InChI=1S/C14H13NO6/c1-7-2-3-8-9(6-7)13(19)15(12(8)18)10(14(20)21)4-5-11(16)17/h2-3,6,10H,4-5H2,1H3,(H,16,17)(H,20,21). The summed E-state index contributed by atoms with van der Waals surface area (Å²) in [6.45, 7) is 1.75. The smallest absolute Gasteiger partial charge is 0.326 e. The molecule has 2 amide bonds. The van der Waals surface area contributed by atoms with Crippen LogP contribution in [0.25, 0.3) is 0 Å². The number of hydrogen-bond acceptors (Lipinski definition) is 4. The van der Waals surface area contributed by atoms with E-state index < -0.39 is 36.2 Å². The lowest BCUT2D eigenvalue weighted by atomic mass is 10.1. The third-order valence-corrected chi connectivity index (χ3v) is 3.30. The van der Waals surface area contributed by atoms with Crippen LogP contribution in [0.4, 0.5) is 0 Å². The summed E-state index contributed by atoms with van der Waals surface area (Å²) in [5, 5.41) is 17.8. The Bertz CT molecular complexity index is 651. The van der Waals surface area contributed by atoms with E-state index in [2.05, 4.69) is 0 Å². The number of hydrogen-bond donors (Lipinski definition) is 2. The van der Waals surface area contributed by atoms with Crippen LogP contribution in [0.1, 0.15) is 39.1 Å². The van der Waals surface area contributed by atoms with Gasteiger partial charge < -0.3 is 10.2 Å². The largest absolute Gasteiger partial charge is 0.481 e. The van der Waals surface area contributed by atoms with Gasteiger partial charge >= 0.3 is 11.9 Å². The second-order valence-electron chi connectivity index (χ2n) is 4.82. The average molecular weight is 291 g/mol. The van der Waals surface area contributed by atoms with Crippen LogP contribution in [-0.4, -0.2) is 44.9 Å². The van der Waals surface area contributed by atoms with Crippen molar-refractivity contribution in [2.24, 2.45) is 0 Å². The quantitative estimate of drug-likeness (QED) is 0.780. The fourth-order valence-corrected chi connectivity index (χ4v) is 2.28. The van der Waals surface area contributed by atoms with Gasteiger partial charge in [0.2, 0.25) is 0 Å². The predicted octanol–water partition coefficient (Wildman–Crippen LogP) is 0.909. The van der Waals surface area contributed by atoms with Crippen molar-refractivity contribution in [2.45, 2.75) is 25.8 Å². The van der Waals surface area contributed by atoms with Crippen molar-refractivity contribution in [3.8, 4) is 0 Å². The SMILES string of the molecule is Cc1ccc2c(c1)C(=O)N(C(CCC(=O)O)C(=O)O)C2=O. The van der Waals surface area contributed by atoms with E-state index in [0.717, 1.165) is 5.56 Å². The molecule has 1 aliphatic rings. The Kier molecular flexibility index (Phi) is 3.75. The highest BCUT2D eigenvalue weighted by Gasteiger charge is 2.42. The van der Waals surface area contributed by atoms with Crippen LogP contribution < -0.4 is 0 Å². The lowest BCUT2D eigenvalue weighted by Gasteiger charge is -2.21. The summed E-state index contributed by atoms with van der Waals surface area (Å²) in [4.78, 5) is 46.9. The second kappa shape index (κ2) is 5.35. The van der Waals surface area contributed by atoms with Gasteiger partial charge in [0.05, 0.1) is 11.1 Å². The van der Waals surface area contributed by atoms with Gasteiger partial charge in [-0.1, -0.05) is 11.6 Å². The van der Waals surface area contributed by atoms with Crippen LogP contribution in [-0.2, 0) is 9.59 Å². The molecule has 0 aliphatic carbocycles. The Labute approximate surface area is 119 Å². The number of fused-ring (bicyclic) bond motifs is 1. The number of nitrogens with zero attached hydrogens (tertiary/aromatic N) is 1. The Morgan fingerprint density at radius 3 is 2.33 bits per heavy atom. The topological polar surface area (TPSA) is 112 Å². The van der Waals surface area contributed by atoms with E-state index in [1.54, 1.807) is 13.0 Å². The number of aliphatic carboxylic acids is 2. The normalized spacial score (nSPS) is 15.0. The summed E-state index contributed by atoms with van der Waals surface area (Å²) >= 11 is 0. The summed E-state index contributed by atoms with van der Waals surface area (Å²) < 4.78 is 0. The van der Waals surface area contributed by atoms with Crippen molar-refractivity contribution in [1.82, 2.24) is 4.90 Å². The number of carbonyl (C=O) groups excluding carboxylic acids is 2. The van der Waals surface area contributed by atoms with Crippen molar-refractivity contribution in [3.05, 3.63) is 34.9 Å². The first-order chi connectivity index (χ1) is 9.82. The van der Waals surface area contributed by atoms with E-state index in [1.807, 2.05) is 0 Å². The molecule has 0 saturated heterocycles. The molecule has 0 aromatic heterocycles. The van der Waals surface area contributed by atoms with Gasteiger partial charge in [-0.15, -0.1) is 0 Å². The monoisotopic (exact) mass is 291 g/mol. The van der Waals surface area contributed by atoms with Crippen molar-refractivity contribution in [3.63, 3.8) is 0 Å². The number of rotatable bonds is 5. The molecule has 110 valence electrons. The number of carboxylic acid groups (broad SMARTS) is 2. The number of aryl methyl sites for hydroxylation is 1. The van der Waals surface area contributed by atoms with Crippen LogP contribution >= 0.6 is 0 Å². The molecule has 21 heavy (non-hydrogen) atoms. The van der Waals surface area contributed by atoms with Crippen LogP contribution in [0.2, 0.25) is 0 Å². The van der Waals surface area contributed by atoms with Crippen LogP contribution in [0.15, 0.2) is 18.2 Å². The van der Waals surface area contributed by atoms with Crippen LogP contribution in [0.3, 0.4) is 0 Å². The molecule has 2 rings (SSSR count). The summed E-state index contributed by atoms with van der Waals surface area (Å²) in [5.74, 6) is -3.99. The maximum absolute atomic E-state index is 12.2. The first kappa shape index (κ1) is 14.7. The molecule has 1 aromatic rings. The number of benzene rings is 1. The first-order valence-electron chi connectivity index (χ1n) is 6.26. The molecular formula is C14H13NO6. The molecule has 0 radical (unpaired) electrons. The van der Waals surface area contributed by atoms with Crippen LogP contribution in [0, 0.1) is 6.92 Å². The van der Waals surface area contributed by atoms with Gasteiger partial charge in [0.25, 0.3) is 11.8 Å². The molecule has 7 heteroatoms. The second-order valence-corrected chi connectivity index (χ2v) is 4.82. The van der Waals surface area contributed by atoms with E-state index in [1.165, 1.54) is 12.1 Å². The number of amides is 2. The van der Waals surface area contributed by atoms with E-state index >= 15 is 0 Å². The molecule has 0 bridgehead atoms. The Morgan fingerprint density at radius 2 is 1.76 bits per heavy atom. The van der Waals surface area contributed by atoms with Gasteiger partial charge in [-0.3, -0.25) is 19.3 Å². The van der Waals surface area contributed by atoms with E-state index in [-0.39, 0.29) is 17.5 Å². The van der Waals surface area contributed by atoms with E-state index in [0.29, 0.717) is 4.90 Å². The van der Waals surface area contributed by atoms with Gasteiger partial charge in [0.15, 0.2) is 0 Å². The molecule has 0 saturated carbocycles. The Balaban J connectivity index is 2.36. The molecule has 1 atom stereocenters. The molecule has 0 spiro atoms. The maximum atomic E-state index is 12.2. The minimum absolute atomic E-state index is 0.146. The van der Waals surface area contributed by atoms with Gasteiger partial charge in [0, 0.05) is 6.42 Å². The number of carboxylic acids is 2. The maximum Gasteiger partial charge on any atom is 0.326 e. The molecule has 1 aromatic carbocycles. The third-order valence-electron chi connectivity index (χ3n) is 3.30. The molecular weight excluding hydrogens is 278 g/mol. The van der Waals surface area contributed by atoms with E-state index in [4.69, 9.17) is 5.11 Å². The molecule has 1 unspecified atom stereocenters. The van der Waals surface area contributed by atoms with Crippen molar-refractivity contribution in [1.29, 1.82) is 0 Å². The van der Waals surface area contributed by atoms with Crippen molar-refractivity contribution < 1.29 is 29.4 Å². The van der Waals surface area contributed by atoms with Gasteiger partial charge in [-0.25, -0.2) is 4.79 Å². The molecule has 7 nitrogen and oxygen atoms in total. The molecule has 2 N–H and O–H groups in total. The lowest BCUT2D eigenvalue weighted by Crippen LogP contribution is -2.45. The predicted molar refractivity (Wildman–Crippen MR) is 70.0 cm³/mol. The first-order valence-corrected chi connectivity index (χ1v) is 6.26. The van der Waals surface area contributed by atoms with Gasteiger partial charge in [0.1, 0.15) is 6.04 Å². The lowest BCUT2D eigenvalue weighted by molar-refractivity contribution is -0.142. The zero-order chi connectivity index (χ0) is 15.7. The van der Waals surface area contributed by atoms with Crippen molar-refractivity contribution >= 4 is 23.8 Å². The van der Waals surface area contributed by atoms with Gasteiger partial charge in [-0.05, 0) is 25.5 Å². The zero-order valence-electron chi connectivity index (χ0n) is 11.2. The average Bonchev–Trinajstić information content (AvgIpc) is 2.63. The fraction of sp³-hybridized carbons (Fsp3) is 0.286. The Hall–Kier alpha value is -2.70. The van der Waals surface area contributed by atoms with Gasteiger partial charge in [-0.2, -0.15) is 0 Å². The van der Waals surface area contributed by atoms with E-state index in [9.17, 15) is 24.3 Å². The third kappa shape index (κ3) is 2.62. The molecule has 0 fully saturated rings. The minimum Gasteiger partial charge on any atom is -0.481 e. The number of carbonyl (C=O) groups is 4. The van der Waals surface area contributed by atoms with Crippen molar-refractivity contribution in [2.75, 3.05) is 0 Å². The molecule has 1 heterocycles. The summed E-state index contributed by atoms with van der Waals surface area (Å²) in [6.07, 6.45) is -0.765. The highest BCUT2D eigenvalue weighted by molar-refractivity contribution is 6.22. The summed E-state index contributed by atoms with van der Waals surface area (Å²) in [7, 11) is 0.